The van der Waals surface area contributed by atoms with Gasteiger partial charge in [0.1, 0.15) is 23.6 Å². The van der Waals surface area contributed by atoms with Gasteiger partial charge < -0.3 is 0 Å². The summed E-state index contributed by atoms with van der Waals surface area (Å²) in [6.45, 7) is 3.16. The molecule has 0 aliphatic rings. The molecule has 2 rings (SSSR count). The van der Waals surface area contributed by atoms with Crippen molar-refractivity contribution in [1.82, 2.24) is 24.5 Å². The molecule has 0 spiro atoms. The first kappa shape index (κ1) is 12.7. The number of hydrogen-bond acceptors (Lipinski definition) is 5. The molecular weight excluding hydrogens is 256 g/mol. The minimum atomic E-state index is -3.71. The van der Waals surface area contributed by atoms with E-state index in [1.165, 1.54) is 23.4 Å². The Bertz CT molecular complexity index is 629. The summed E-state index contributed by atoms with van der Waals surface area (Å²) >= 11 is 0. The van der Waals surface area contributed by atoms with Crippen molar-refractivity contribution in [3.05, 3.63) is 24.5 Å². The fraction of sp³-hybridized carbons (Fsp3) is 0.444. The average Bonchev–Trinajstić information content (AvgIpc) is 2.89. The molecule has 0 atom stereocenters. The highest BCUT2D eigenvalue weighted by Crippen LogP contribution is 2.06. The van der Waals surface area contributed by atoms with Gasteiger partial charge in [-0.2, -0.15) is 10.2 Å². The largest absolute Gasteiger partial charge is 0.264 e. The zero-order valence-corrected chi connectivity index (χ0v) is 10.7. The number of nitrogens with zero attached hydrogens (tertiary/aromatic N) is 5. The lowest BCUT2D eigenvalue weighted by atomic mass is 10.5. The van der Waals surface area contributed by atoms with E-state index in [2.05, 4.69) is 15.2 Å². The smallest absolute Gasteiger partial charge is 0.241 e. The molecule has 2 heterocycles. The minimum Gasteiger partial charge on any atom is -0.264 e. The fourth-order valence-electron chi connectivity index (χ4n) is 1.53. The van der Waals surface area contributed by atoms with Gasteiger partial charge in [-0.1, -0.05) is 6.92 Å². The van der Waals surface area contributed by atoms with Crippen molar-refractivity contribution in [3.63, 3.8) is 0 Å². The maximum atomic E-state index is 11.1. The van der Waals surface area contributed by atoms with Gasteiger partial charge in [0.25, 0.3) is 0 Å². The van der Waals surface area contributed by atoms with Gasteiger partial charge in [0.15, 0.2) is 0 Å². The topological polar surface area (TPSA) is 109 Å². The second-order valence-corrected chi connectivity index (χ2v) is 5.38. The highest BCUT2D eigenvalue weighted by molar-refractivity contribution is 7.89. The maximum Gasteiger partial charge on any atom is 0.241 e. The van der Waals surface area contributed by atoms with Crippen LogP contribution in [0.15, 0.2) is 23.6 Å². The summed E-state index contributed by atoms with van der Waals surface area (Å²) in [6.07, 6.45) is 5.00. The van der Waals surface area contributed by atoms with Gasteiger partial charge in [0.05, 0.1) is 6.20 Å². The van der Waals surface area contributed by atoms with Gasteiger partial charge in [-0.05, 0) is 6.42 Å². The van der Waals surface area contributed by atoms with Crippen LogP contribution < -0.4 is 5.14 Å². The Morgan fingerprint density at radius 1 is 1.39 bits per heavy atom. The predicted octanol–water partition coefficient (Wildman–Crippen LogP) is -0.420. The highest BCUT2D eigenvalue weighted by Gasteiger charge is 2.12. The van der Waals surface area contributed by atoms with Crippen LogP contribution in [0.2, 0.25) is 0 Å². The normalized spacial score (nSPS) is 11.9. The molecule has 2 aromatic heterocycles. The molecule has 0 saturated carbocycles. The number of hydrogen-bond donors (Lipinski definition) is 1. The molecule has 9 heteroatoms. The van der Waals surface area contributed by atoms with Crippen LogP contribution in [0.4, 0.5) is 0 Å². The van der Waals surface area contributed by atoms with Gasteiger partial charge >= 0.3 is 0 Å². The van der Waals surface area contributed by atoms with E-state index in [1.807, 2.05) is 6.92 Å². The number of nitrogens with two attached hydrogens (primary N) is 1. The van der Waals surface area contributed by atoms with E-state index in [9.17, 15) is 8.42 Å². The van der Waals surface area contributed by atoms with E-state index in [1.54, 1.807) is 4.68 Å². The first-order chi connectivity index (χ1) is 8.50. The molecule has 0 bridgehead atoms. The molecule has 0 aliphatic carbocycles. The Kier molecular flexibility index (Phi) is 3.43. The van der Waals surface area contributed by atoms with E-state index >= 15 is 0 Å². The Morgan fingerprint density at radius 2 is 2.17 bits per heavy atom. The lowest BCUT2D eigenvalue weighted by Crippen LogP contribution is -2.12. The van der Waals surface area contributed by atoms with Crippen LogP contribution in [0.5, 0.6) is 0 Å². The van der Waals surface area contributed by atoms with Crippen LogP contribution in [0.1, 0.15) is 19.2 Å². The average molecular weight is 270 g/mol. The number of primary sulfonamides is 1. The van der Waals surface area contributed by atoms with Gasteiger partial charge in [-0.3, -0.25) is 4.68 Å². The SMILES string of the molecule is CCCn1ncnc1Cn1cc(S(N)(=O)=O)cn1. The van der Waals surface area contributed by atoms with Crippen LogP contribution in [-0.2, 0) is 23.1 Å². The fourth-order valence-corrected chi connectivity index (χ4v) is 1.99. The zero-order chi connectivity index (χ0) is 13.2. The van der Waals surface area contributed by atoms with Crippen LogP contribution in [0.25, 0.3) is 0 Å². The van der Waals surface area contributed by atoms with Crippen LogP contribution >= 0.6 is 0 Å². The summed E-state index contributed by atoms with van der Waals surface area (Å²) in [5.74, 6) is 0.723. The van der Waals surface area contributed by atoms with E-state index < -0.39 is 10.0 Å². The molecule has 2 N–H and O–H groups in total. The standard InChI is InChI=1S/C9H14N6O2S/c1-2-3-15-9(11-7-13-15)6-14-5-8(4-12-14)18(10,16)17/h4-5,7H,2-3,6H2,1H3,(H2,10,16,17). The van der Waals surface area contributed by atoms with E-state index in [0.717, 1.165) is 18.8 Å². The van der Waals surface area contributed by atoms with E-state index in [-0.39, 0.29) is 4.90 Å². The third-order valence-corrected chi connectivity index (χ3v) is 3.24. The second-order valence-electron chi connectivity index (χ2n) is 3.82. The summed E-state index contributed by atoms with van der Waals surface area (Å²) in [4.78, 5) is 4.10. The van der Waals surface area contributed by atoms with Crippen molar-refractivity contribution in [2.75, 3.05) is 0 Å². The van der Waals surface area contributed by atoms with Crippen molar-refractivity contribution >= 4 is 10.0 Å². The molecule has 18 heavy (non-hydrogen) atoms. The molecule has 0 radical (unpaired) electrons. The van der Waals surface area contributed by atoms with E-state index in [4.69, 9.17) is 5.14 Å². The first-order valence-corrected chi connectivity index (χ1v) is 6.97. The van der Waals surface area contributed by atoms with Crippen molar-refractivity contribution in [2.45, 2.75) is 31.3 Å². The molecule has 0 aliphatic heterocycles. The monoisotopic (exact) mass is 270 g/mol. The minimum absolute atomic E-state index is 0.0101. The van der Waals surface area contributed by atoms with Gasteiger partial charge in [0, 0.05) is 12.7 Å². The van der Waals surface area contributed by atoms with Gasteiger partial charge in [0.2, 0.25) is 10.0 Å². The molecular formula is C9H14N6O2S. The molecule has 0 amide bonds. The molecule has 8 nitrogen and oxygen atoms in total. The van der Waals surface area contributed by atoms with Crippen LogP contribution in [-0.4, -0.2) is 33.0 Å². The third kappa shape index (κ3) is 2.74. The molecule has 0 unspecified atom stereocenters. The number of sulfonamides is 1. The second kappa shape index (κ2) is 4.86. The van der Waals surface area contributed by atoms with Crippen molar-refractivity contribution in [1.29, 1.82) is 0 Å². The number of aryl methyl sites for hydroxylation is 1. The highest BCUT2D eigenvalue weighted by atomic mass is 32.2. The Balaban J connectivity index is 2.19. The Hall–Kier alpha value is -1.74. The Labute approximate surface area is 104 Å². The summed E-state index contributed by atoms with van der Waals surface area (Å²) in [6, 6.07) is 0. The van der Waals surface area contributed by atoms with Gasteiger partial charge in [-0.25, -0.2) is 23.2 Å². The van der Waals surface area contributed by atoms with Crippen molar-refractivity contribution in [2.24, 2.45) is 5.14 Å². The van der Waals surface area contributed by atoms with E-state index in [0.29, 0.717) is 6.54 Å². The quantitative estimate of drug-likeness (QED) is 0.793. The van der Waals surface area contributed by atoms with Crippen LogP contribution in [0.3, 0.4) is 0 Å². The Morgan fingerprint density at radius 3 is 2.78 bits per heavy atom. The van der Waals surface area contributed by atoms with Crippen LogP contribution in [0, 0.1) is 0 Å². The van der Waals surface area contributed by atoms with Gasteiger partial charge in [-0.15, -0.1) is 0 Å². The summed E-state index contributed by atoms with van der Waals surface area (Å²) in [7, 11) is -3.71. The molecule has 0 aromatic carbocycles. The number of aromatic nitrogens is 5. The molecule has 0 saturated heterocycles. The van der Waals surface area contributed by atoms with Crippen molar-refractivity contribution in [3.8, 4) is 0 Å². The molecule has 0 fully saturated rings. The summed E-state index contributed by atoms with van der Waals surface area (Å²) in [5.41, 5.74) is 0. The lowest BCUT2D eigenvalue weighted by molar-refractivity contribution is 0.538. The molecule has 2 aromatic rings. The zero-order valence-electron chi connectivity index (χ0n) is 9.89. The summed E-state index contributed by atoms with van der Waals surface area (Å²) < 4.78 is 25.4. The first-order valence-electron chi connectivity index (χ1n) is 5.42. The lowest BCUT2D eigenvalue weighted by Gasteiger charge is -2.04. The summed E-state index contributed by atoms with van der Waals surface area (Å²) in [5, 5.41) is 13.0. The third-order valence-electron chi connectivity index (χ3n) is 2.37. The maximum absolute atomic E-state index is 11.1. The van der Waals surface area contributed by atoms with Crippen molar-refractivity contribution < 1.29 is 8.42 Å². The molecule has 98 valence electrons. The number of rotatable bonds is 5. The predicted molar refractivity (Wildman–Crippen MR) is 63.0 cm³/mol.